The molecule has 1 aromatic heterocycles. The lowest BCUT2D eigenvalue weighted by atomic mass is 10.1. The third-order valence-electron chi connectivity index (χ3n) is 4.96. The molecule has 0 radical (unpaired) electrons. The second kappa shape index (κ2) is 14.1. The normalized spacial score (nSPS) is 15.9. The van der Waals surface area contributed by atoms with Gasteiger partial charge in [-0.3, -0.25) is 19.3 Å². The number of imide groups is 1. The molecule has 0 aliphatic carbocycles. The molecular formula is C24H25FN6O4. The zero-order chi connectivity index (χ0) is 25.6. The number of halogens is 1. The van der Waals surface area contributed by atoms with E-state index >= 15 is 0 Å². The summed E-state index contributed by atoms with van der Waals surface area (Å²) in [6.45, 7) is 1.31. The van der Waals surface area contributed by atoms with Crippen molar-refractivity contribution in [3.05, 3.63) is 66.2 Å². The predicted molar refractivity (Wildman–Crippen MR) is 128 cm³/mol. The summed E-state index contributed by atoms with van der Waals surface area (Å²) < 4.78 is 16.6. The molecule has 1 aliphatic heterocycles. The molecule has 1 aliphatic rings. The van der Waals surface area contributed by atoms with E-state index in [1.807, 2.05) is 13.1 Å². The number of nitriles is 1. The van der Waals surface area contributed by atoms with E-state index in [1.54, 1.807) is 24.3 Å². The van der Waals surface area contributed by atoms with Crippen molar-refractivity contribution in [3.8, 4) is 11.8 Å². The van der Waals surface area contributed by atoms with Gasteiger partial charge in [-0.05, 0) is 37.7 Å². The van der Waals surface area contributed by atoms with Crippen LogP contribution < -0.4 is 26.0 Å². The third kappa shape index (κ3) is 7.94. The van der Waals surface area contributed by atoms with Crippen LogP contribution in [0.1, 0.15) is 12.1 Å². The summed E-state index contributed by atoms with van der Waals surface area (Å²) in [6, 6.07) is 14.7. The van der Waals surface area contributed by atoms with Gasteiger partial charge in [0.05, 0.1) is 18.1 Å². The highest BCUT2D eigenvalue weighted by Gasteiger charge is 2.18. The Labute approximate surface area is 201 Å². The van der Waals surface area contributed by atoms with Crippen molar-refractivity contribution in [2.45, 2.75) is 18.6 Å². The Balaban J connectivity index is 0.000000204. The second-order valence-corrected chi connectivity index (χ2v) is 7.17. The summed E-state index contributed by atoms with van der Waals surface area (Å²) in [4.78, 5) is 36.0. The van der Waals surface area contributed by atoms with Crippen molar-refractivity contribution >= 4 is 35.8 Å². The summed E-state index contributed by atoms with van der Waals surface area (Å²) in [5, 5.41) is 16.5. The molecule has 0 spiro atoms. The first-order valence-electron chi connectivity index (χ1n) is 10.5. The fourth-order valence-electron chi connectivity index (χ4n) is 3.17. The molecule has 2 aromatic carbocycles. The number of nitrogens with zero attached hydrogens (tertiary/aromatic N) is 3. The summed E-state index contributed by atoms with van der Waals surface area (Å²) in [6.07, 6.45) is 3.41. The molecule has 2 atom stereocenters. The summed E-state index contributed by atoms with van der Waals surface area (Å²) in [7, 11) is 1.96. The van der Waals surface area contributed by atoms with E-state index in [9.17, 15) is 18.8 Å². The van der Waals surface area contributed by atoms with Gasteiger partial charge in [-0.25, -0.2) is 9.37 Å². The van der Waals surface area contributed by atoms with Crippen LogP contribution >= 0.6 is 0 Å². The maximum absolute atomic E-state index is 12.2. The number of nitrogens with two attached hydrogens (primary N) is 1. The number of nitrogens with one attached hydrogen (secondary N) is 2. The predicted octanol–water partition coefficient (Wildman–Crippen LogP) is 1.44. The minimum absolute atomic E-state index is 0.215. The molecule has 1 fully saturated rings. The summed E-state index contributed by atoms with van der Waals surface area (Å²) >= 11 is 0. The summed E-state index contributed by atoms with van der Waals surface area (Å²) in [5.41, 5.74) is 6.18. The number of hydrogen-bond donors (Lipinski definition) is 3. The number of benzene rings is 2. The molecule has 3 aromatic rings. The van der Waals surface area contributed by atoms with Crippen molar-refractivity contribution in [2.24, 2.45) is 5.73 Å². The zero-order valence-electron chi connectivity index (χ0n) is 18.9. The maximum Gasteiger partial charge on any atom is 0.298 e. The third-order valence-corrected chi connectivity index (χ3v) is 4.96. The molecule has 10 nitrogen and oxygen atoms in total. The van der Waals surface area contributed by atoms with Gasteiger partial charge < -0.3 is 21.1 Å². The molecule has 4 N–H and O–H groups in total. The molecule has 1 unspecified atom stereocenters. The van der Waals surface area contributed by atoms with Crippen molar-refractivity contribution in [1.82, 2.24) is 15.6 Å². The zero-order valence-corrected chi connectivity index (χ0v) is 18.9. The van der Waals surface area contributed by atoms with Crippen LogP contribution in [0, 0.1) is 17.1 Å². The van der Waals surface area contributed by atoms with E-state index in [0.29, 0.717) is 47.5 Å². The van der Waals surface area contributed by atoms with Gasteiger partial charge in [0.25, 0.3) is 6.47 Å². The molecule has 2 amide bonds. The van der Waals surface area contributed by atoms with Crippen molar-refractivity contribution in [1.29, 1.82) is 5.26 Å². The molecule has 11 heteroatoms. The highest BCUT2D eigenvalue weighted by atomic mass is 19.1. The number of carbonyl (C=O) groups is 3. The number of anilines is 1. The van der Waals surface area contributed by atoms with E-state index in [0.717, 1.165) is 17.9 Å². The first kappa shape index (κ1) is 27.0. The highest BCUT2D eigenvalue weighted by Crippen LogP contribution is 2.26. The largest absolute Gasteiger partial charge is 0.429 e. The SMILES string of the molecule is CNC1CN[C@H](N)C1.N#Cc1ncc(N(C=O)C=O)c2ccccc12.O=COc1ccc(F)cc1. The van der Waals surface area contributed by atoms with Gasteiger partial charge in [0.2, 0.25) is 12.8 Å². The van der Waals surface area contributed by atoms with Gasteiger partial charge in [0, 0.05) is 23.4 Å². The fraction of sp³-hybridized carbons (Fsp3) is 0.208. The van der Waals surface area contributed by atoms with Gasteiger partial charge in [-0.15, -0.1) is 0 Å². The Bertz CT molecular complexity index is 1160. The number of rotatable bonds is 6. The minimum atomic E-state index is -0.349. The number of fused-ring (bicyclic) bond motifs is 1. The number of likely N-dealkylation sites (N-methyl/N-ethyl adjacent to an activating group) is 1. The Kier molecular flexibility index (Phi) is 10.9. The van der Waals surface area contributed by atoms with Crippen LogP contribution in [0.15, 0.2) is 54.7 Å². The number of pyridine rings is 1. The maximum atomic E-state index is 12.2. The fourth-order valence-corrected chi connectivity index (χ4v) is 3.17. The smallest absolute Gasteiger partial charge is 0.298 e. The molecular weight excluding hydrogens is 455 g/mol. The quantitative estimate of drug-likeness (QED) is 0.445. The van der Waals surface area contributed by atoms with Gasteiger partial charge in [0.1, 0.15) is 23.3 Å². The lowest BCUT2D eigenvalue weighted by Gasteiger charge is -2.12. The first-order valence-corrected chi connectivity index (χ1v) is 10.5. The highest BCUT2D eigenvalue weighted by molar-refractivity contribution is 6.06. The van der Waals surface area contributed by atoms with Crippen LogP contribution in [-0.4, -0.2) is 50.1 Å². The molecule has 1 saturated heterocycles. The van der Waals surface area contributed by atoms with Crippen molar-refractivity contribution < 1.29 is 23.5 Å². The minimum Gasteiger partial charge on any atom is -0.429 e. The van der Waals surface area contributed by atoms with Gasteiger partial charge in [-0.1, -0.05) is 24.3 Å². The lowest BCUT2D eigenvalue weighted by molar-refractivity contribution is -0.120. The van der Waals surface area contributed by atoms with Gasteiger partial charge in [-0.2, -0.15) is 5.26 Å². The van der Waals surface area contributed by atoms with Crippen LogP contribution in [0.4, 0.5) is 10.1 Å². The Hall–Kier alpha value is -4.24. The number of aromatic nitrogens is 1. The van der Waals surface area contributed by atoms with Gasteiger partial charge in [0.15, 0.2) is 0 Å². The Morgan fingerprint density at radius 2 is 1.83 bits per heavy atom. The monoisotopic (exact) mass is 480 g/mol. The van der Waals surface area contributed by atoms with Crippen LogP contribution in [0.3, 0.4) is 0 Å². The van der Waals surface area contributed by atoms with E-state index in [2.05, 4.69) is 20.4 Å². The number of hydrogen-bond acceptors (Lipinski definition) is 9. The lowest BCUT2D eigenvalue weighted by Crippen LogP contribution is -2.30. The Morgan fingerprint density at radius 3 is 2.31 bits per heavy atom. The molecule has 35 heavy (non-hydrogen) atoms. The van der Waals surface area contributed by atoms with E-state index in [-0.39, 0.29) is 17.7 Å². The molecule has 4 rings (SSSR count). The molecule has 0 saturated carbocycles. The van der Waals surface area contributed by atoms with Crippen LogP contribution in [-0.2, 0) is 14.4 Å². The number of carbonyl (C=O) groups excluding carboxylic acids is 3. The topological polar surface area (TPSA) is 150 Å². The average molecular weight is 481 g/mol. The second-order valence-electron chi connectivity index (χ2n) is 7.17. The number of amides is 2. The number of ether oxygens (including phenoxy) is 1. The average Bonchev–Trinajstić information content (AvgIpc) is 3.32. The summed E-state index contributed by atoms with van der Waals surface area (Å²) in [5.74, 6) is -0.00495. The van der Waals surface area contributed by atoms with Gasteiger partial charge >= 0.3 is 0 Å². The molecule has 182 valence electrons. The standard InChI is InChI=1S/C12H7N3O2.C7H5FO2.C5H13N3/c13-5-11-9-3-1-2-4-10(9)12(6-14-11)15(7-16)8-17;8-6-1-3-7(4-2-6)10-5-9;1-7-4-2-5(6)8-3-4/h1-4,6-8H;1-5H;4-5,7-8H,2-3,6H2,1H3/t;;4?,5-/m..0/s1. The Morgan fingerprint density at radius 1 is 1.17 bits per heavy atom. The van der Waals surface area contributed by atoms with Crippen molar-refractivity contribution in [2.75, 3.05) is 18.5 Å². The molecule has 0 bridgehead atoms. The van der Waals surface area contributed by atoms with Crippen LogP contribution in [0.2, 0.25) is 0 Å². The van der Waals surface area contributed by atoms with Crippen LogP contribution in [0.25, 0.3) is 10.8 Å². The van der Waals surface area contributed by atoms with E-state index in [1.165, 1.54) is 30.5 Å². The van der Waals surface area contributed by atoms with E-state index in [4.69, 9.17) is 11.0 Å². The molecule has 2 heterocycles. The van der Waals surface area contributed by atoms with E-state index < -0.39 is 0 Å². The van der Waals surface area contributed by atoms with Crippen molar-refractivity contribution in [3.63, 3.8) is 0 Å². The first-order chi connectivity index (χ1) is 17.0. The van der Waals surface area contributed by atoms with Crippen LogP contribution in [0.5, 0.6) is 5.75 Å².